The van der Waals surface area contributed by atoms with Crippen LogP contribution in [0.4, 0.5) is 0 Å². The van der Waals surface area contributed by atoms with Gasteiger partial charge in [-0.05, 0) is 19.4 Å². The zero-order valence-corrected chi connectivity index (χ0v) is 7.00. The van der Waals surface area contributed by atoms with Crippen molar-refractivity contribution >= 4 is 0 Å². The average Bonchev–Trinajstić information content (AvgIpc) is 1.97. The lowest BCUT2D eigenvalue weighted by molar-refractivity contribution is -0.233. The number of hydrogen-bond acceptors (Lipinski definition) is 2. The van der Waals surface area contributed by atoms with Crippen LogP contribution in [0.25, 0.3) is 0 Å². The molecule has 0 fully saturated rings. The largest absolute Gasteiger partial charge is 0.251 e. The normalized spacial score (nSPS) is 12.5. The third-order valence-electron chi connectivity index (χ3n) is 1.18. The third kappa shape index (κ3) is 5.58. The SMILES string of the molecule is C=C(C)/C=C\C(=C/C)COO. The van der Waals surface area contributed by atoms with E-state index < -0.39 is 0 Å². The Morgan fingerprint density at radius 3 is 2.55 bits per heavy atom. The molecule has 0 unspecified atom stereocenters. The van der Waals surface area contributed by atoms with E-state index in [9.17, 15) is 0 Å². The first-order chi connectivity index (χ1) is 5.20. The summed E-state index contributed by atoms with van der Waals surface area (Å²) in [4.78, 5) is 3.98. The molecule has 0 aromatic heterocycles. The first kappa shape index (κ1) is 10.1. The molecule has 0 heterocycles. The van der Waals surface area contributed by atoms with Gasteiger partial charge in [-0.15, -0.1) is 0 Å². The van der Waals surface area contributed by atoms with Gasteiger partial charge < -0.3 is 0 Å². The molecule has 0 aromatic rings. The summed E-state index contributed by atoms with van der Waals surface area (Å²) in [5.74, 6) is 0. The molecule has 2 nitrogen and oxygen atoms in total. The Hall–Kier alpha value is -0.860. The maximum atomic E-state index is 8.14. The molecule has 0 bridgehead atoms. The highest BCUT2D eigenvalue weighted by molar-refractivity contribution is 5.24. The van der Waals surface area contributed by atoms with Crippen molar-refractivity contribution in [1.82, 2.24) is 0 Å². The maximum Gasteiger partial charge on any atom is 0.107 e. The van der Waals surface area contributed by atoms with Gasteiger partial charge in [0.25, 0.3) is 0 Å². The Morgan fingerprint density at radius 2 is 2.18 bits per heavy atom. The van der Waals surface area contributed by atoms with Crippen molar-refractivity contribution in [2.75, 3.05) is 6.61 Å². The zero-order valence-electron chi connectivity index (χ0n) is 7.00. The van der Waals surface area contributed by atoms with E-state index in [1.165, 1.54) is 0 Å². The molecule has 0 radical (unpaired) electrons. The van der Waals surface area contributed by atoms with Crippen molar-refractivity contribution in [3.63, 3.8) is 0 Å². The van der Waals surface area contributed by atoms with Gasteiger partial charge in [-0.3, -0.25) is 5.26 Å². The molecule has 11 heavy (non-hydrogen) atoms. The first-order valence-electron chi connectivity index (χ1n) is 3.46. The smallest absolute Gasteiger partial charge is 0.107 e. The molecule has 0 aromatic carbocycles. The minimum absolute atomic E-state index is 0.223. The highest BCUT2D eigenvalue weighted by Gasteiger charge is 1.88. The molecule has 0 spiro atoms. The lowest BCUT2D eigenvalue weighted by atomic mass is 10.2. The van der Waals surface area contributed by atoms with Crippen molar-refractivity contribution in [2.45, 2.75) is 13.8 Å². The van der Waals surface area contributed by atoms with Gasteiger partial charge in [0.05, 0.1) is 0 Å². The first-order valence-corrected chi connectivity index (χ1v) is 3.46. The molecule has 0 saturated carbocycles. The fourth-order valence-corrected chi connectivity index (χ4v) is 0.552. The number of rotatable bonds is 4. The molecular weight excluding hydrogens is 140 g/mol. The van der Waals surface area contributed by atoms with Crippen LogP contribution in [0.3, 0.4) is 0 Å². The summed E-state index contributed by atoms with van der Waals surface area (Å²) in [5, 5.41) is 8.14. The number of hydrogen-bond donors (Lipinski definition) is 1. The second kappa shape index (κ2) is 5.89. The molecule has 0 aliphatic heterocycles. The monoisotopic (exact) mass is 154 g/mol. The highest BCUT2D eigenvalue weighted by atomic mass is 17.1. The second-order valence-corrected chi connectivity index (χ2v) is 2.32. The summed E-state index contributed by atoms with van der Waals surface area (Å²) in [6.07, 6.45) is 5.60. The van der Waals surface area contributed by atoms with Crippen molar-refractivity contribution in [3.8, 4) is 0 Å². The van der Waals surface area contributed by atoms with Crippen molar-refractivity contribution in [1.29, 1.82) is 0 Å². The third-order valence-corrected chi connectivity index (χ3v) is 1.18. The van der Waals surface area contributed by atoms with E-state index in [0.717, 1.165) is 11.1 Å². The summed E-state index contributed by atoms with van der Waals surface area (Å²) in [6.45, 7) is 7.72. The molecular formula is C9H14O2. The molecule has 0 rings (SSSR count). The molecule has 1 N–H and O–H groups in total. The van der Waals surface area contributed by atoms with Gasteiger partial charge >= 0.3 is 0 Å². The van der Waals surface area contributed by atoms with Gasteiger partial charge in [0.1, 0.15) is 6.61 Å². The fraction of sp³-hybridized carbons (Fsp3) is 0.333. The average molecular weight is 154 g/mol. The lowest BCUT2D eigenvalue weighted by Gasteiger charge is -1.96. The molecule has 0 atom stereocenters. The van der Waals surface area contributed by atoms with E-state index >= 15 is 0 Å². The minimum Gasteiger partial charge on any atom is -0.251 e. The zero-order chi connectivity index (χ0) is 8.69. The van der Waals surface area contributed by atoms with Crippen LogP contribution < -0.4 is 0 Å². The molecule has 0 amide bonds. The Kier molecular flexibility index (Phi) is 5.43. The summed E-state index contributed by atoms with van der Waals surface area (Å²) in [7, 11) is 0. The summed E-state index contributed by atoms with van der Waals surface area (Å²) in [6, 6.07) is 0. The van der Waals surface area contributed by atoms with Crippen LogP contribution in [0.1, 0.15) is 13.8 Å². The van der Waals surface area contributed by atoms with E-state index in [-0.39, 0.29) is 6.61 Å². The van der Waals surface area contributed by atoms with Crippen LogP contribution >= 0.6 is 0 Å². The predicted octanol–water partition coefficient (Wildman–Crippen LogP) is 2.55. The summed E-state index contributed by atoms with van der Waals surface area (Å²) >= 11 is 0. The van der Waals surface area contributed by atoms with Gasteiger partial charge in [0, 0.05) is 0 Å². The van der Waals surface area contributed by atoms with E-state index in [0.29, 0.717) is 0 Å². The van der Waals surface area contributed by atoms with Gasteiger partial charge in [-0.1, -0.05) is 30.4 Å². The summed E-state index contributed by atoms with van der Waals surface area (Å²) < 4.78 is 0. The van der Waals surface area contributed by atoms with Gasteiger partial charge in [0.15, 0.2) is 0 Å². The summed E-state index contributed by atoms with van der Waals surface area (Å²) in [5.41, 5.74) is 1.90. The lowest BCUT2D eigenvalue weighted by Crippen LogP contribution is -1.90. The van der Waals surface area contributed by atoms with Gasteiger partial charge in [-0.2, -0.15) is 0 Å². The van der Waals surface area contributed by atoms with E-state index in [1.54, 1.807) is 0 Å². The van der Waals surface area contributed by atoms with Crippen molar-refractivity contribution < 1.29 is 10.1 Å². The van der Waals surface area contributed by atoms with Crippen LogP contribution in [0.2, 0.25) is 0 Å². The maximum absolute atomic E-state index is 8.14. The molecule has 0 aliphatic rings. The predicted molar refractivity (Wildman–Crippen MR) is 46.3 cm³/mol. The van der Waals surface area contributed by atoms with Crippen molar-refractivity contribution in [2.24, 2.45) is 0 Å². The van der Waals surface area contributed by atoms with Gasteiger partial charge in [0.2, 0.25) is 0 Å². The van der Waals surface area contributed by atoms with Gasteiger partial charge in [-0.25, -0.2) is 4.89 Å². The topological polar surface area (TPSA) is 29.5 Å². The molecule has 0 aliphatic carbocycles. The van der Waals surface area contributed by atoms with Crippen LogP contribution in [0.15, 0.2) is 36.0 Å². The number of allylic oxidation sites excluding steroid dienone is 3. The van der Waals surface area contributed by atoms with Crippen molar-refractivity contribution in [3.05, 3.63) is 36.0 Å². The highest BCUT2D eigenvalue weighted by Crippen LogP contribution is 1.99. The molecule has 2 heteroatoms. The molecule has 62 valence electrons. The van der Waals surface area contributed by atoms with E-state index in [1.807, 2.05) is 32.1 Å². The molecule has 0 saturated heterocycles. The van der Waals surface area contributed by atoms with Crippen LogP contribution in [-0.2, 0) is 4.89 Å². The quantitative estimate of drug-likeness (QED) is 0.383. The van der Waals surface area contributed by atoms with E-state index in [4.69, 9.17) is 5.26 Å². The van der Waals surface area contributed by atoms with E-state index in [2.05, 4.69) is 11.5 Å². The Bertz CT molecular complexity index is 178. The Morgan fingerprint density at radius 1 is 1.55 bits per heavy atom. The standard InChI is InChI=1S/C9H14O2/c1-4-9(7-11-10)6-5-8(2)3/h4-6,10H,2,7H2,1,3H3/b6-5-,9-4+. The van der Waals surface area contributed by atoms with Crippen LogP contribution in [-0.4, -0.2) is 11.9 Å². The van der Waals surface area contributed by atoms with Crippen LogP contribution in [0, 0.1) is 0 Å². The Balaban J connectivity index is 3.98. The fourth-order valence-electron chi connectivity index (χ4n) is 0.552. The second-order valence-electron chi connectivity index (χ2n) is 2.32. The van der Waals surface area contributed by atoms with Crippen LogP contribution in [0.5, 0.6) is 0 Å². The Labute approximate surface area is 67.4 Å². The minimum atomic E-state index is 0.223.